The second-order valence-electron chi connectivity index (χ2n) is 5.13. The number of methoxy groups -OCH3 is 1. The molecule has 0 amide bonds. The van der Waals surface area contributed by atoms with Gasteiger partial charge < -0.3 is 14.7 Å². The van der Waals surface area contributed by atoms with Gasteiger partial charge in [-0.2, -0.15) is 0 Å². The first-order valence-electron chi connectivity index (χ1n) is 6.73. The zero-order valence-corrected chi connectivity index (χ0v) is 11.6. The molecule has 4 nitrogen and oxygen atoms in total. The third-order valence-electron chi connectivity index (χ3n) is 3.96. The zero-order chi connectivity index (χ0) is 12.5. The third-order valence-corrected chi connectivity index (χ3v) is 5.15. The summed E-state index contributed by atoms with van der Waals surface area (Å²) in [6.45, 7) is 2.03. The first-order chi connectivity index (χ1) is 8.78. The summed E-state index contributed by atoms with van der Waals surface area (Å²) in [6, 6.07) is 0. The lowest BCUT2D eigenvalue weighted by atomic mass is 10.0. The smallest absolute Gasteiger partial charge is 0.185 e. The van der Waals surface area contributed by atoms with Gasteiger partial charge in [0.1, 0.15) is 0 Å². The number of aromatic nitrogens is 1. The molecule has 18 heavy (non-hydrogen) atoms. The number of aliphatic hydroxyl groups is 1. The van der Waals surface area contributed by atoms with Crippen LogP contribution in [0.4, 0.5) is 5.13 Å². The van der Waals surface area contributed by atoms with Crippen LogP contribution >= 0.6 is 11.3 Å². The number of anilines is 1. The van der Waals surface area contributed by atoms with Gasteiger partial charge in [0.05, 0.1) is 17.9 Å². The van der Waals surface area contributed by atoms with Gasteiger partial charge in [0.2, 0.25) is 0 Å². The number of hydrogen-bond acceptors (Lipinski definition) is 5. The van der Waals surface area contributed by atoms with Gasteiger partial charge in [0, 0.05) is 25.1 Å². The molecule has 1 aromatic heterocycles. The molecule has 2 aliphatic rings. The number of piperidine rings is 1. The third kappa shape index (κ3) is 2.27. The van der Waals surface area contributed by atoms with Crippen LogP contribution in [0.5, 0.6) is 0 Å². The van der Waals surface area contributed by atoms with Gasteiger partial charge in [-0.15, -0.1) is 11.3 Å². The average Bonchev–Trinajstić information content (AvgIpc) is 2.84. The van der Waals surface area contributed by atoms with E-state index in [0.717, 1.165) is 56.0 Å². The first kappa shape index (κ1) is 12.4. The molecule has 0 saturated carbocycles. The van der Waals surface area contributed by atoms with Crippen LogP contribution in [0.3, 0.4) is 0 Å². The van der Waals surface area contributed by atoms with E-state index < -0.39 is 0 Å². The van der Waals surface area contributed by atoms with Gasteiger partial charge in [-0.3, -0.25) is 0 Å². The Morgan fingerprint density at radius 3 is 2.78 bits per heavy atom. The summed E-state index contributed by atoms with van der Waals surface area (Å²) in [5.41, 5.74) is 0.940. The number of rotatable bonds is 2. The summed E-state index contributed by atoms with van der Waals surface area (Å²) in [5, 5.41) is 11.1. The van der Waals surface area contributed by atoms with Gasteiger partial charge in [-0.1, -0.05) is 0 Å². The summed E-state index contributed by atoms with van der Waals surface area (Å²) in [5.74, 6) is 0. The minimum absolute atomic E-state index is 0.338. The number of thiazole rings is 1. The van der Waals surface area contributed by atoms with E-state index in [1.807, 2.05) is 0 Å². The molecular weight excluding hydrogens is 248 g/mol. The SMILES string of the molecule is COC1CCN(c2nc3c(s2)CCCC3O)CC1. The second-order valence-corrected chi connectivity index (χ2v) is 6.20. The summed E-state index contributed by atoms with van der Waals surface area (Å²) < 4.78 is 5.39. The molecule has 100 valence electrons. The fourth-order valence-corrected chi connectivity index (χ4v) is 4.01. The minimum atomic E-state index is -0.338. The quantitative estimate of drug-likeness (QED) is 0.892. The van der Waals surface area contributed by atoms with Crippen LogP contribution in [0.1, 0.15) is 42.4 Å². The Hall–Kier alpha value is -0.650. The summed E-state index contributed by atoms with van der Waals surface area (Å²) in [7, 11) is 1.79. The highest BCUT2D eigenvalue weighted by Crippen LogP contribution is 2.37. The highest BCUT2D eigenvalue weighted by atomic mass is 32.1. The summed E-state index contributed by atoms with van der Waals surface area (Å²) in [6.07, 6.45) is 5.24. The van der Waals surface area contributed by atoms with Crippen LogP contribution in [0.25, 0.3) is 0 Å². The molecule has 1 fully saturated rings. The topological polar surface area (TPSA) is 45.6 Å². The van der Waals surface area contributed by atoms with Gasteiger partial charge >= 0.3 is 0 Å². The first-order valence-corrected chi connectivity index (χ1v) is 7.55. The fraction of sp³-hybridized carbons (Fsp3) is 0.769. The minimum Gasteiger partial charge on any atom is -0.387 e. The predicted molar refractivity (Wildman–Crippen MR) is 72.3 cm³/mol. The van der Waals surface area contributed by atoms with E-state index in [1.165, 1.54) is 4.88 Å². The van der Waals surface area contributed by atoms with E-state index in [9.17, 15) is 5.11 Å². The van der Waals surface area contributed by atoms with Crippen molar-refractivity contribution >= 4 is 16.5 Å². The molecule has 1 aliphatic heterocycles. The number of ether oxygens (including phenoxy) is 1. The molecule has 5 heteroatoms. The predicted octanol–water partition coefficient (Wildman–Crippen LogP) is 2.13. The molecule has 0 radical (unpaired) electrons. The number of nitrogens with zero attached hydrogens (tertiary/aromatic N) is 2. The van der Waals surface area contributed by atoms with Gasteiger partial charge in [-0.25, -0.2) is 4.98 Å². The maximum Gasteiger partial charge on any atom is 0.185 e. The lowest BCUT2D eigenvalue weighted by Gasteiger charge is -2.30. The van der Waals surface area contributed by atoms with Crippen molar-refractivity contribution in [3.8, 4) is 0 Å². The van der Waals surface area contributed by atoms with Gasteiger partial charge in [0.25, 0.3) is 0 Å². The van der Waals surface area contributed by atoms with Gasteiger partial charge in [-0.05, 0) is 32.1 Å². The zero-order valence-electron chi connectivity index (χ0n) is 10.8. The normalized spacial score (nSPS) is 25.2. The molecule has 0 bridgehead atoms. The van der Waals surface area contributed by atoms with E-state index in [1.54, 1.807) is 18.4 Å². The lowest BCUT2D eigenvalue weighted by molar-refractivity contribution is 0.0819. The Morgan fingerprint density at radius 2 is 2.11 bits per heavy atom. The van der Waals surface area contributed by atoms with Crippen LogP contribution < -0.4 is 4.90 Å². The maximum atomic E-state index is 9.96. The second kappa shape index (κ2) is 5.15. The van der Waals surface area contributed by atoms with Crippen LogP contribution in [0.2, 0.25) is 0 Å². The van der Waals surface area contributed by atoms with Crippen molar-refractivity contribution in [3.63, 3.8) is 0 Å². The lowest BCUT2D eigenvalue weighted by Crippen LogP contribution is -2.36. The van der Waals surface area contributed by atoms with Crippen molar-refractivity contribution in [2.75, 3.05) is 25.1 Å². The Balaban J connectivity index is 1.74. The molecule has 1 N–H and O–H groups in total. The van der Waals surface area contributed by atoms with Crippen molar-refractivity contribution in [2.24, 2.45) is 0 Å². The van der Waals surface area contributed by atoms with Crippen LogP contribution in [-0.4, -0.2) is 36.4 Å². The van der Waals surface area contributed by atoms with Crippen molar-refractivity contribution in [2.45, 2.75) is 44.3 Å². The van der Waals surface area contributed by atoms with E-state index in [2.05, 4.69) is 9.88 Å². The molecule has 1 aliphatic carbocycles. The van der Waals surface area contributed by atoms with Gasteiger partial charge in [0.15, 0.2) is 5.13 Å². The average molecular weight is 268 g/mol. The van der Waals surface area contributed by atoms with Crippen LogP contribution in [0.15, 0.2) is 0 Å². The van der Waals surface area contributed by atoms with Crippen molar-refractivity contribution in [3.05, 3.63) is 10.6 Å². The van der Waals surface area contributed by atoms with Crippen molar-refractivity contribution < 1.29 is 9.84 Å². The molecular formula is C13H20N2O2S. The molecule has 1 saturated heterocycles. The molecule has 0 spiro atoms. The number of aliphatic hydroxyl groups excluding tert-OH is 1. The van der Waals surface area contributed by atoms with Crippen LogP contribution in [-0.2, 0) is 11.2 Å². The molecule has 1 unspecified atom stereocenters. The van der Waals surface area contributed by atoms with E-state index in [4.69, 9.17) is 4.74 Å². The molecule has 2 heterocycles. The Kier molecular flexibility index (Phi) is 3.54. The molecule has 1 aromatic rings. The molecule has 0 aromatic carbocycles. The summed E-state index contributed by atoms with van der Waals surface area (Å²) in [4.78, 5) is 8.29. The summed E-state index contributed by atoms with van der Waals surface area (Å²) >= 11 is 1.77. The van der Waals surface area contributed by atoms with Crippen LogP contribution in [0, 0.1) is 0 Å². The standard InChI is InChI=1S/C13H20N2O2S/c1-17-9-5-7-15(8-6-9)13-14-12-10(16)3-2-4-11(12)18-13/h9-10,16H,2-8H2,1H3. The Morgan fingerprint density at radius 1 is 1.33 bits per heavy atom. The largest absolute Gasteiger partial charge is 0.387 e. The monoisotopic (exact) mass is 268 g/mol. The van der Waals surface area contributed by atoms with Crippen molar-refractivity contribution in [1.29, 1.82) is 0 Å². The molecule has 3 rings (SSSR count). The number of hydrogen-bond donors (Lipinski definition) is 1. The van der Waals surface area contributed by atoms with E-state index in [-0.39, 0.29) is 6.10 Å². The highest BCUT2D eigenvalue weighted by molar-refractivity contribution is 7.15. The van der Waals surface area contributed by atoms with E-state index in [0.29, 0.717) is 6.10 Å². The molecule has 1 atom stereocenters. The number of aryl methyl sites for hydroxylation is 1. The fourth-order valence-electron chi connectivity index (χ4n) is 2.80. The Labute approximate surface area is 112 Å². The maximum absolute atomic E-state index is 9.96. The van der Waals surface area contributed by atoms with Crippen molar-refractivity contribution in [1.82, 2.24) is 4.98 Å². The highest BCUT2D eigenvalue weighted by Gasteiger charge is 2.26. The Bertz CT molecular complexity index is 413. The number of fused-ring (bicyclic) bond motifs is 1. The van der Waals surface area contributed by atoms with E-state index >= 15 is 0 Å².